The molecule has 5 unspecified atom stereocenters. The first-order valence-corrected chi connectivity index (χ1v) is 18.5. The second-order valence-corrected chi connectivity index (χ2v) is 16.2. The van der Waals surface area contributed by atoms with Gasteiger partial charge in [-0.2, -0.15) is 0 Å². The second-order valence-electron chi connectivity index (χ2n) is 16.2. The van der Waals surface area contributed by atoms with Gasteiger partial charge in [0.25, 0.3) is 0 Å². The molecule has 0 heterocycles. The van der Waals surface area contributed by atoms with E-state index in [1.165, 1.54) is 12.8 Å². The monoisotopic (exact) mass is 620 g/mol. The number of rotatable bonds is 16. The molecule has 4 fully saturated rings. The summed E-state index contributed by atoms with van der Waals surface area (Å²) in [5, 5.41) is 30.7. The van der Waals surface area contributed by atoms with Crippen LogP contribution >= 0.6 is 0 Å². The molecule has 4 rings (SSSR count). The number of hydrogen-bond acceptors (Lipinski definition) is 7. The summed E-state index contributed by atoms with van der Waals surface area (Å²) in [4.78, 5) is 14.9. The maximum absolute atomic E-state index is 12.4. The van der Waals surface area contributed by atoms with Gasteiger partial charge in [0, 0.05) is 18.5 Å². The van der Waals surface area contributed by atoms with Crippen LogP contribution in [0.25, 0.3) is 0 Å². The minimum absolute atomic E-state index is 0.134. The molecule has 0 bridgehead atoms. The summed E-state index contributed by atoms with van der Waals surface area (Å²) in [6.07, 6.45) is 11.4. The van der Waals surface area contributed by atoms with Crippen molar-refractivity contribution in [2.75, 3.05) is 39.3 Å². The fourth-order valence-electron chi connectivity index (χ4n) is 10.9. The van der Waals surface area contributed by atoms with Crippen molar-refractivity contribution < 1.29 is 15.0 Å². The number of aliphatic hydroxyl groups is 2. The summed E-state index contributed by atoms with van der Waals surface area (Å²) in [6, 6.07) is 0.683. The molecule has 0 spiro atoms. The van der Waals surface area contributed by atoms with E-state index in [2.05, 4.69) is 36.3 Å². The molecule has 8 nitrogen and oxygen atoms in total. The van der Waals surface area contributed by atoms with E-state index in [1.54, 1.807) is 0 Å². The van der Waals surface area contributed by atoms with Crippen LogP contribution in [0.1, 0.15) is 112 Å². The first-order chi connectivity index (χ1) is 20.9. The van der Waals surface area contributed by atoms with Gasteiger partial charge in [0.05, 0.1) is 12.2 Å². The van der Waals surface area contributed by atoms with Crippen molar-refractivity contribution >= 4 is 5.91 Å². The Hall–Kier alpha value is -0.770. The van der Waals surface area contributed by atoms with Crippen LogP contribution in [0.15, 0.2) is 0 Å². The zero-order valence-corrected chi connectivity index (χ0v) is 28.9. The van der Waals surface area contributed by atoms with Crippen LogP contribution < -0.4 is 22.1 Å². The third kappa shape index (κ3) is 7.84. The van der Waals surface area contributed by atoms with E-state index in [0.717, 1.165) is 97.1 Å². The number of nitrogens with one attached hydrogen (secondary N) is 2. The van der Waals surface area contributed by atoms with Gasteiger partial charge in [-0.05, 0) is 170 Å². The summed E-state index contributed by atoms with van der Waals surface area (Å²) in [5.74, 6) is 2.44. The van der Waals surface area contributed by atoms with Crippen molar-refractivity contribution in [3.8, 4) is 0 Å². The third-order valence-corrected chi connectivity index (χ3v) is 13.3. The molecule has 0 aromatic heterocycles. The Bertz CT molecular complexity index is 897. The van der Waals surface area contributed by atoms with E-state index in [-0.39, 0.29) is 40.9 Å². The van der Waals surface area contributed by atoms with E-state index >= 15 is 0 Å². The zero-order chi connectivity index (χ0) is 32.1. The highest BCUT2D eigenvalue weighted by atomic mass is 16.3. The van der Waals surface area contributed by atoms with Gasteiger partial charge in [-0.3, -0.25) is 4.79 Å². The Balaban J connectivity index is 1.34. The molecule has 0 aromatic rings. The van der Waals surface area contributed by atoms with Crippen molar-refractivity contribution in [3.63, 3.8) is 0 Å². The number of amides is 1. The van der Waals surface area contributed by atoms with Crippen molar-refractivity contribution in [2.45, 2.75) is 136 Å². The van der Waals surface area contributed by atoms with Crippen molar-refractivity contribution in [1.29, 1.82) is 0 Å². The molecule has 44 heavy (non-hydrogen) atoms. The smallest absolute Gasteiger partial charge is 0.220 e. The highest BCUT2D eigenvalue weighted by Gasteiger charge is 2.65. The number of hydrogen-bond donors (Lipinski definition) is 6. The quantitative estimate of drug-likeness (QED) is 0.144. The molecule has 0 saturated heterocycles. The number of aliphatic hydroxyl groups excluding tert-OH is 2. The normalized spacial score (nSPS) is 39.2. The molecule has 11 atom stereocenters. The van der Waals surface area contributed by atoms with Crippen LogP contribution in [0.2, 0.25) is 0 Å². The van der Waals surface area contributed by atoms with Crippen molar-refractivity contribution in [3.05, 3.63) is 0 Å². The third-order valence-electron chi connectivity index (χ3n) is 13.3. The number of nitrogens with zero attached hydrogens (tertiary/aromatic N) is 1. The summed E-state index contributed by atoms with van der Waals surface area (Å²) >= 11 is 0. The number of nitrogens with two attached hydrogens (primary N) is 2. The van der Waals surface area contributed by atoms with Crippen molar-refractivity contribution in [2.24, 2.45) is 57.8 Å². The van der Waals surface area contributed by atoms with Crippen LogP contribution in [0, 0.1) is 46.3 Å². The molecule has 0 aliphatic heterocycles. The second kappa shape index (κ2) is 15.9. The SMILES string of the molecule is CC(C)NC(=O)CC[C@@H](C)C1CCC2C3C(C[C@H](O)[C@@]21C)[C@@]1(C)CC[C@H](NCCCN(CCCN)CCCN)CC1C[C@H]3O. The van der Waals surface area contributed by atoms with E-state index in [0.29, 0.717) is 42.1 Å². The molecule has 8 heteroatoms. The molecule has 4 saturated carbocycles. The van der Waals surface area contributed by atoms with Crippen molar-refractivity contribution in [1.82, 2.24) is 15.5 Å². The Morgan fingerprint density at radius 1 is 0.932 bits per heavy atom. The minimum atomic E-state index is -0.340. The van der Waals surface area contributed by atoms with Gasteiger partial charge in [0.1, 0.15) is 0 Å². The zero-order valence-electron chi connectivity index (χ0n) is 28.9. The summed E-state index contributed by atoms with van der Waals surface area (Å²) in [5.41, 5.74) is 11.5. The molecule has 256 valence electrons. The van der Waals surface area contributed by atoms with Gasteiger partial charge in [-0.1, -0.05) is 20.8 Å². The lowest BCUT2D eigenvalue weighted by atomic mass is 9.43. The predicted octanol–water partition coefficient (Wildman–Crippen LogP) is 3.88. The maximum Gasteiger partial charge on any atom is 0.220 e. The van der Waals surface area contributed by atoms with Crippen LogP contribution in [-0.2, 0) is 4.79 Å². The topological polar surface area (TPSA) is 137 Å². The molecule has 4 aliphatic rings. The van der Waals surface area contributed by atoms with E-state index < -0.39 is 0 Å². The Morgan fingerprint density at radius 2 is 1.61 bits per heavy atom. The summed E-state index contributed by atoms with van der Waals surface area (Å²) in [6.45, 7) is 16.9. The first-order valence-electron chi connectivity index (χ1n) is 18.5. The number of carbonyl (C=O) groups is 1. The first kappa shape index (κ1) is 36.1. The van der Waals surface area contributed by atoms with Crippen LogP contribution in [0.5, 0.6) is 0 Å². The average molecular weight is 620 g/mol. The Morgan fingerprint density at radius 3 is 2.27 bits per heavy atom. The highest BCUT2D eigenvalue weighted by molar-refractivity contribution is 5.76. The van der Waals surface area contributed by atoms with E-state index in [9.17, 15) is 15.0 Å². The van der Waals surface area contributed by atoms with E-state index in [4.69, 9.17) is 11.5 Å². The molecule has 1 amide bonds. The lowest BCUT2D eigenvalue weighted by molar-refractivity contribution is -0.202. The lowest BCUT2D eigenvalue weighted by Gasteiger charge is -2.63. The lowest BCUT2D eigenvalue weighted by Crippen LogP contribution is -2.62. The van der Waals surface area contributed by atoms with Crippen LogP contribution in [0.4, 0.5) is 0 Å². The molecule has 0 aromatic carbocycles. The van der Waals surface area contributed by atoms with Gasteiger partial charge >= 0.3 is 0 Å². The molecule has 4 aliphatic carbocycles. The maximum atomic E-state index is 12.4. The summed E-state index contributed by atoms with van der Waals surface area (Å²) < 4.78 is 0. The fraction of sp³-hybridized carbons (Fsp3) is 0.972. The Labute approximate surface area is 269 Å². The minimum Gasteiger partial charge on any atom is -0.393 e. The standard InChI is InChI=1S/C36H69N5O3/c1-24(2)40-33(44)12-9-25(3)28-10-11-29-34-30(23-32(43)36(28,29)5)35(4)14-13-27(21-26(35)22-31(34)42)39-17-8-20-41(18-6-15-37)19-7-16-38/h24-32,34,39,42-43H,6-23,37-38H2,1-5H3,(H,40,44)/t25-,26?,27+,28?,29?,30?,31-,32+,34?,35+,36-/m1/s1. The van der Waals surface area contributed by atoms with Gasteiger partial charge in [-0.15, -0.1) is 0 Å². The largest absolute Gasteiger partial charge is 0.393 e. The number of carbonyl (C=O) groups excluding carboxylic acids is 1. The molecular weight excluding hydrogens is 550 g/mol. The average Bonchev–Trinajstić information content (AvgIpc) is 3.34. The van der Waals surface area contributed by atoms with E-state index in [1.807, 2.05) is 13.8 Å². The fourth-order valence-corrected chi connectivity index (χ4v) is 10.9. The van der Waals surface area contributed by atoms with Crippen LogP contribution in [0.3, 0.4) is 0 Å². The molecular formula is C36H69N5O3. The van der Waals surface area contributed by atoms with Gasteiger partial charge in [0.15, 0.2) is 0 Å². The number of fused-ring (bicyclic) bond motifs is 5. The molecule has 8 N–H and O–H groups in total. The predicted molar refractivity (Wildman–Crippen MR) is 180 cm³/mol. The highest BCUT2D eigenvalue weighted by Crippen LogP contribution is 2.68. The van der Waals surface area contributed by atoms with Gasteiger partial charge < -0.3 is 37.2 Å². The molecule has 0 radical (unpaired) electrons. The van der Waals surface area contributed by atoms with Gasteiger partial charge in [-0.25, -0.2) is 0 Å². The van der Waals surface area contributed by atoms with Gasteiger partial charge in [0.2, 0.25) is 5.91 Å². The summed E-state index contributed by atoms with van der Waals surface area (Å²) in [7, 11) is 0. The van der Waals surface area contributed by atoms with Crippen LogP contribution in [-0.4, -0.2) is 84.6 Å². The Kier molecular flexibility index (Phi) is 13.0.